The summed E-state index contributed by atoms with van der Waals surface area (Å²) in [6.07, 6.45) is 3.64. The van der Waals surface area contributed by atoms with Crippen molar-refractivity contribution >= 4 is 50.6 Å². The van der Waals surface area contributed by atoms with E-state index in [9.17, 15) is 0 Å². The Balaban J connectivity index is 0.000000256. The van der Waals surface area contributed by atoms with Gasteiger partial charge in [-0.15, -0.1) is 11.0 Å². The predicted molar refractivity (Wildman–Crippen MR) is 196 cm³/mol. The van der Waals surface area contributed by atoms with Crippen molar-refractivity contribution < 1.29 is 22.4 Å². The molecule has 2 aromatic heterocycles. The molecule has 0 N–H and O–H groups in total. The Kier molecular flexibility index (Phi) is 10.5. The zero-order valence-electron chi connectivity index (χ0n) is 28.7. The van der Waals surface area contributed by atoms with Gasteiger partial charge < -0.3 is 4.98 Å². The van der Waals surface area contributed by atoms with Crippen molar-refractivity contribution in [2.75, 3.05) is 0 Å². The molecule has 0 spiro atoms. The summed E-state index contributed by atoms with van der Waals surface area (Å²) in [6, 6.07) is 36.2. The van der Waals surface area contributed by atoms with Crippen molar-refractivity contribution in [1.29, 1.82) is 0 Å². The second-order valence-electron chi connectivity index (χ2n) is 13.5. The van der Waals surface area contributed by atoms with E-state index in [4.69, 9.17) is 0 Å². The minimum Gasteiger partial charge on any atom is -0.657 e. The first-order valence-corrected chi connectivity index (χ1v) is 16.6. The molecule has 0 saturated heterocycles. The van der Waals surface area contributed by atoms with Crippen molar-refractivity contribution in [3.63, 3.8) is 0 Å². The fourth-order valence-corrected chi connectivity index (χ4v) is 6.55. The van der Waals surface area contributed by atoms with Gasteiger partial charge in [0.2, 0.25) is 11.4 Å². The maximum atomic E-state index is 4.48. The van der Waals surface area contributed by atoms with E-state index in [0.717, 1.165) is 16.4 Å². The van der Waals surface area contributed by atoms with E-state index >= 15 is 0 Å². The maximum Gasteiger partial charge on any atom is 1.00 e. The van der Waals surface area contributed by atoms with Crippen LogP contribution >= 0.6 is 0 Å². The summed E-state index contributed by atoms with van der Waals surface area (Å²) < 4.78 is 4.64. The summed E-state index contributed by atoms with van der Waals surface area (Å²) in [6.45, 7) is 18.3. The van der Waals surface area contributed by atoms with Gasteiger partial charge in [-0.25, -0.2) is 0 Å². The molecule has 0 radical (unpaired) electrons. The average Bonchev–Trinajstić information content (AvgIpc) is 3.63. The van der Waals surface area contributed by atoms with Gasteiger partial charge in [-0.05, 0) is 43.6 Å². The van der Waals surface area contributed by atoms with Gasteiger partial charge in [0.25, 0.3) is 11.4 Å². The third kappa shape index (κ3) is 6.57. The number of para-hydroxylation sites is 5. The van der Waals surface area contributed by atoms with E-state index in [0.29, 0.717) is 23.7 Å². The van der Waals surface area contributed by atoms with E-state index in [1.807, 2.05) is 30.5 Å². The fraction of sp³-hybridized carbons (Fsp3) is 0.286. The summed E-state index contributed by atoms with van der Waals surface area (Å²) in [4.78, 5) is 8.57. The Morgan fingerprint density at radius 2 is 0.936 bits per heavy atom. The van der Waals surface area contributed by atoms with E-state index < -0.39 is 0 Å². The van der Waals surface area contributed by atoms with Crippen molar-refractivity contribution in [3.8, 4) is 0 Å². The van der Waals surface area contributed by atoms with Gasteiger partial charge in [0.05, 0.1) is 0 Å². The Morgan fingerprint density at radius 3 is 1.40 bits per heavy atom. The van der Waals surface area contributed by atoms with Gasteiger partial charge in [-0.2, -0.15) is 0 Å². The van der Waals surface area contributed by atoms with Crippen LogP contribution in [0.4, 0.5) is 22.7 Å². The van der Waals surface area contributed by atoms with Crippen LogP contribution in [0.25, 0.3) is 21.8 Å². The van der Waals surface area contributed by atoms with Crippen LogP contribution in [0, 0.1) is 0 Å². The van der Waals surface area contributed by atoms with Crippen LogP contribution in [-0.2, 0) is 22.4 Å². The third-order valence-corrected chi connectivity index (χ3v) is 8.93. The number of benzene rings is 4. The van der Waals surface area contributed by atoms with Gasteiger partial charge in [-0.3, -0.25) is 4.98 Å². The second kappa shape index (κ2) is 14.4. The molecule has 0 fully saturated rings. The molecule has 0 bridgehead atoms. The molecule has 6 aromatic rings. The number of aromatic nitrogens is 2. The average molecular weight is 803 g/mol. The van der Waals surface area contributed by atoms with Gasteiger partial charge in [0, 0.05) is 46.8 Å². The maximum absolute atomic E-state index is 4.48. The van der Waals surface area contributed by atoms with Crippen molar-refractivity contribution in [2.45, 2.75) is 79.1 Å². The standard InChI is InChI=1S/C31H38N2.C11H7N2.Au/c1-20(2)24-13-11-14-25(21(3)4)30(24)32-19-33(29-18-10-9-17-28(29)32)31-26(22(5)6)15-12-16-27(31)23(7)8;1-2-4-10-8(3-1)9-7-12-6-5-11(9)13-10;/h9-18,20-23H,1-8H3;1-7H;/q+2;-1;+1. The zero-order chi connectivity index (χ0) is 32.5. The molecule has 1 aliphatic rings. The van der Waals surface area contributed by atoms with Crippen LogP contribution in [0.15, 0.2) is 103 Å². The Labute approximate surface area is 295 Å². The van der Waals surface area contributed by atoms with Crippen LogP contribution in [0.1, 0.15) is 101 Å². The summed E-state index contributed by atoms with van der Waals surface area (Å²) in [5.41, 5.74) is 12.5. The molecule has 0 amide bonds. The Morgan fingerprint density at radius 1 is 0.511 bits per heavy atom. The largest absolute Gasteiger partial charge is 1.00 e. The van der Waals surface area contributed by atoms with Crippen molar-refractivity contribution in [3.05, 3.63) is 126 Å². The molecule has 0 aliphatic carbocycles. The van der Waals surface area contributed by atoms with E-state index in [1.54, 1.807) is 6.20 Å². The monoisotopic (exact) mass is 802 g/mol. The molecule has 4 nitrogen and oxygen atoms in total. The Hall–Kier alpha value is -4.05. The number of pyridine rings is 1. The molecular weight excluding hydrogens is 757 g/mol. The SMILES string of the molecule is CC(C)c1cccc(C(C)C)c1[N+]1=C=[N+](c2c(C(C)C)cccc2C(C)C)c2ccccc21.[Au+].c1ccc2c(c1)[n-]c1ccncc12. The zero-order valence-corrected chi connectivity index (χ0v) is 30.9. The van der Waals surface area contributed by atoms with Gasteiger partial charge in [0.15, 0.2) is 0 Å². The van der Waals surface area contributed by atoms with Crippen LogP contribution in [0.3, 0.4) is 0 Å². The van der Waals surface area contributed by atoms with Gasteiger partial charge >= 0.3 is 28.4 Å². The first-order valence-electron chi connectivity index (χ1n) is 16.6. The summed E-state index contributed by atoms with van der Waals surface area (Å²) >= 11 is 0. The van der Waals surface area contributed by atoms with Crippen LogP contribution in [-0.4, -0.2) is 11.0 Å². The van der Waals surface area contributed by atoms with Crippen LogP contribution in [0.5, 0.6) is 0 Å². The molecule has 1 aliphatic heterocycles. The number of fused-ring (bicyclic) bond motifs is 4. The minimum absolute atomic E-state index is 0. The minimum atomic E-state index is 0. The van der Waals surface area contributed by atoms with E-state index in [-0.39, 0.29) is 22.4 Å². The predicted octanol–water partition coefficient (Wildman–Crippen LogP) is 11.4. The second-order valence-corrected chi connectivity index (χ2v) is 13.5. The normalized spacial score (nSPS) is 12.3. The first kappa shape index (κ1) is 34.3. The molecule has 4 aromatic carbocycles. The fourth-order valence-electron chi connectivity index (χ4n) is 6.55. The van der Waals surface area contributed by atoms with E-state index in [2.05, 4.69) is 147 Å². The van der Waals surface area contributed by atoms with E-state index in [1.165, 1.54) is 50.4 Å². The van der Waals surface area contributed by atoms with Crippen molar-refractivity contribution in [1.82, 2.24) is 19.1 Å². The van der Waals surface area contributed by atoms with Gasteiger partial charge in [-0.1, -0.05) is 134 Å². The van der Waals surface area contributed by atoms with Gasteiger partial charge in [0.1, 0.15) is 0 Å². The molecule has 242 valence electrons. The number of rotatable bonds is 6. The molecule has 5 heteroatoms. The first-order chi connectivity index (χ1) is 22.2. The third-order valence-electron chi connectivity index (χ3n) is 8.93. The smallest absolute Gasteiger partial charge is 0.657 e. The molecule has 3 heterocycles. The van der Waals surface area contributed by atoms with Crippen molar-refractivity contribution in [2.24, 2.45) is 0 Å². The molecule has 47 heavy (non-hydrogen) atoms. The number of hydrogen-bond donors (Lipinski definition) is 0. The Bertz CT molecular complexity index is 1910. The molecule has 0 unspecified atom stereocenters. The molecule has 0 saturated carbocycles. The summed E-state index contributed by atoms with van der Waals surface area (Å²) in [5, 5.41) is 2.32. The van der Waals surface area contributed by atoms with Crippen LogP contribution < -0.4 is 14.1 Å². The number of nitrogens with zero attached hydrogens (tertiary/aromatic N) is 4. The van der Waals surface area contributed by atoms with Crippen LogP contribution in [0.2, 0.25) is 0 Å². The number of hydrogen-bond acceptors (Lipinski definition) is 1. The quantitative estimate of drug-likeness (QED) is 0.124. The molecular formula is C42H45AuN4+2. The topological polar surface area (TPSA) is 33.0 Å². The molecule has 0 atom stereocenters. The summed E-state index contributed by atoms with van der Waals surface area (Å²) in [5.74, 6) is 1.71. The summed E-state index contributed by atoms with van der Waals surface area (Å²) in [7, 11) is 0. The molecule has 7 rings (SSSR count).